The van der Waals surface area contributed by atoms with Crippen LogP contribution in [0.4, 0.5) is 11.4 Å². The van der Waals surface area contributed by atoms with E-state index in [1.807, 2.05) is 61.1 Å². The first-order valence-corrected chi connectivity index (χ1v) is 9.46. The van der Waals surface area contributed by atoms with E-state index in [0.717, 1.165) is 43.2 Å². The molecule has 2 heterocycles. The Morgan fingerprint density at radius 1 is 0.964 bits per heavy atom. The third kappa shape index (κ3) is 3.51. The van der Waals surface area contributed by atoms with Crippen LogP contribution in [-0.4, -0.2) is 41.9 Å². The second-order valence-corrected chi connectivity index (χ2v) is 6.86. The smallest absolute Gasteiger partial charge is 0.297 e. The summed E-state index contributed by atoms with van der Waals surface area (Å²) in [5.41, 5.74) is 4.15. The molecular weight excluding hydrogens is 352 g/mol. The zero-order valence-electron chi connectivity index (χ0n) is 16.2. The second kappa shape index (κ2) is 7.86. The molecule has 0 amide bonds. The van der Waals surface area contributed by atoms with Gasteiger partial charge in [-0.3, -0.25) is 9.48 Å². The summed E-state index contributed by atoms with van der Waals surface area (Å²) in [4.78, 5) is 19.7. The summed E-state index contributed by atoms with van der Waals surface area (Å²) < 4.78 is 8.88. The van der Waals surface area contributed by atoms with Crippen LogP contribution in [0.1, 0.15) is 11.3 Å². The van der Waals surface area contributed by atoms with Gasteiger partial charge in [0.05, 0.1) is 24.6 Å². The molecular formula is C22H24N4O2. The standard InChI is InChI=1S/C22H24N4O2/c1-17-21(22(27)26(24(17)2)20-6-4-3-5-7-20)23-16-18-8-10-19(11-9-18)25-12-14-28-15-13-25/h3-11,16H,12-15H2,1-2H3. The van der Waals surface area contributed by atoms with E-state index in [9.17, 15) is 4.79 Å². The van der Waals surface area contributed by atoms with Gasteiger partial charge in [-0.15, -0.1) is 0 Å². The topological polar surface area (TPSA) is 51.8 Å². The Morgan fingerprint density at radius 3 is 2.32 bits per heavy atom. The van der Waals surface area contributed by atoms with Crippen molar-refractivity contribution in [1.82, 2.24) is 9.36 Å². The highest BCUT2D eigenvalue weighted by atomic mass is 16.5. The van der Waals surface area contributed by atoms with Gasteiger partial charge in [-0.2, -0.15) is 0 Å². The van der Waals surface area contributed by atoms with Crippen molar-refractivity contribution in [2.75, 3.05) is 31.2 Å². The lowest BCUT2D eigenvalue weighted by atomic mass is 10.2. The summed E-state index contributed by atoms with van der Waals surface area (Å²) in [5.74, 6) is 0. The molecule has 0 saturated carbocycles. The molecule has 144 valence electrons. The quantitative estimate of drug-likeness (QED) is 0.658. The lowest BCUT2D eigenvalue weighted by molar-refractivity contribution is 0.122. The summed E-state index contributed by atoms with van der Waals surface area (Å²) in [6, 6.07) is 17.8. The molecule has 2 aromatic carbocycles. The summed E-state index contributed by atoms with van der Waals surface area (Å²) in [6.45, 7) is 5.27. The molecule has 1 saturated heterocycles. The molecule has 0 aliphatic carbocycles. The molecule has 6 nitrogen and oxygen atoms in total. The average molecular weight is 376 g/mol. The highest BCUT2D eigenvalue weighted by Gasteiger charge is 2.15. The van der Waals surface area contributed by atoms with Crippen LogP contribution in [0.2, 0.25) is 0 Å². The predicted molar refractivity (Wildman–Crippen MR) is 112 cm³/mol. The van der Waals surface area contributed by atoms with Gasteiger partial charge in [0.25, 0.3) is 5.56 Å². The van der Waals surface area contributed by atoms with E-state index in [1.54, 1.807) is 10.9 Å². The molecule has 0 bridgehead atoms. The first kappa shape index (κ1) is 18.3. The van der Waals surface area contributed by atoms with Crippen LogP contribution in [0, 0.1) is 6.92 Å². The van der Waals surface area contributed by atoms with Gasteiger partial charge >= 0.3 is 0 Å². The SMILES string of the molecule is Cc1c(N=Cc2ccc(N3CCOCC3)cc2)c(=O)n(-c2ccccc2)n1C. The molecule has 4 rings (SSSR count). The number of aromatic nitrogens is 2. The van der Waals surface area contributed by atoms with Crippen LogP contribution < -0.4 is 10.5 Å². The van der Waals surface area contributed by atoms with Crippen molar-refractivity contribution in [1.29, 1.82) is 0 Å². The van der Waals surface area contributed by atoms with E-state index in [2.05, 4.69) is 22.0 Å². The number of para-hydroxylation sites is 1. The fraction of sp³-hybridized carbons (Fsp3) is 0.273. The second-order valence-electron chi connectivity index (χ2n) is 6.86. The van der Waals surface area contributed by atoms with Gasteiger partial charge in [-0.25, -0.2) is 9.67 Å². The molecule has 1 fully saturated rings. The average Bonchev–Trinajstić information content (AvgIpc) is 2.96. The summed E-state index contributed by atoms with van der Waals surface area (Å²) in [6.07, 6.45) is 1.75. The number of hydrogen-bond acceptors (Lipinski definition) is 4. The number of benzene rings is 2. The Labute approximate surface area is 164 Å². The molecule has 0 spiro atoms. The van der Waals surface area contributed by atoms with Crippen LogP contribution in [0.15, 0.2) is 64.4 Å². The molecule has 1 aliphatic heterocycles. The van der Waals surface area contributed by atoms with Crippen molar-refractivity contribution in [3.63, 3.8) is 0 Å². The largest absolute Gasteiger partial charge is 0.378 e. The molecule has 0 N–H and O–H groups in total. The predicted octanol–water partition coefficient (Wildman–Crippen LogP) is 3.07. The first-order valence-electron chi connectivity index (χ1n) is 9.46. The van der Waals surface area contributed by atoms with Gasteiger partial charge in [0.1, 0.15) is 0 Å². The Balaban J connectivity index is 1.59. The van der Waals surface area contributed by atoms with E-state index in [-0.39, 0.29) is 5.56 Å². The van der Waals surface area contributed by atoms with E-state index in [4.69, 9.17) is 4.74 Å². The Bertz CT molecular complexity index is 1030. The molecule has 0 radical (unpaired) electrons. The van der Waals surface area contributed by atoms with E-state index < -0.39 is 0 Å². The zero-order chi connectivity index (χ0) is 19.5. The molecule has 6 heteroatoms. The first-order chi connectivity index (χ1) is 13.6. The highest BCUT2D eigenvalue weighted by molar-refractivity contribution is 5.82. The van der Waals surface area contributed by atoms with Crippen molar-refractivity contribution in [3.8, 4) is 5.69 Å². The third-order valence-corrected chi connectivity index (χ3v) is 5.14. The number of morpholine rings is 1. The highest BCUT2D eigenvalue weighted by Crippen LogP contribution is 2.18. The van der Waals surface area contributed by atoms with Crippen LogP contribution in [0.25, 0.3) is 5.69 Å². The maximum atomic E-state index is 12.9. The monoisotopic (exact) mass is 376 g/mol. The number of ether oxygens (including phenoxy) is 1. The maximum Gasteiger partial charge on any atom is 0.297 e. The number of anilines is 1. The van der Waals surface area contributed by atoms with Crippen LogP contribution >= 0.6 is 0 Å². The summed E-state index contributed by atoms with van der Waals surface area (Å²) >= 11 is 0. The molecule has 1 aromatic heterocycles. The maximum absolute atomic E-state index is 12.9. The van der Waals surface area contributed by atoms with Crippen molar-refractivity contribution in [2.24, 2.45) is 12.0 Å². The summed E-state index contributed by atoms with van der Waals surface area (Å²) in [7, 11) is 1.87. The number of aliphatic imine (C=N–C) groups is 1. The molecule has 28 heavy (non-hydrogen) atoms. The minimum absolute atomic E-state index is 0.118. The Kier molecular flexibility index (Phi) is 5.12. The van der Waals surface area contributed by atoms with Crippen molar-refractivity contribution in [2.45, 2.75) is 6.92 Å². The molecule has 0 atom stereocenters. The number of nitrogens with zero attached hydrogens (tertiary/aromatic N) is 4. The van der Waals surface area contributed by atoms with Gasteiger partial charge in [0.15, 0.2) is 5.69 Å². The van der Waals surface area contributed by atoms with E-state index >= 15 is 0 Å². The minimum Gasteiger partial charge on any atom is -0.378 e. The lowest BCUT2D eigenvalue weighted by Crippen LogP contribution is -2.36. The zero-order valence-corrected chi connectivity index (χ0v) is 16.2. The number of hydrogen-bond donors (Lipinski definition) is 0. The Morgan fingerprint density at radius 2 is 1.64 bits per heavy atom. The fourth-order valence-corrected chi connectivity index (χ4v) is 3.43. The van der Waals surface area contributed by atoms with Gasteiger partial charge in [-0.05, 0) is 36.8 Å². The number of rotatable bonds is 4. The van der Waals surface area contributed by atoms with Crippen LogP contribution in [-0.2, 0) is 11.8 Å². The van der Waals surface area contributed by atoms with Crippen molar-refractivity contribution < 1.29 is 4.74 Å². The van der Waals surface area contributed by atoms with E-state index in [1.165, 1.54) is 5.69 Å². The van der Waals surface area contributed by atoms with Crippen molar-refractivity contribution in [3.05, 3.63) is 76.2 Å². The Hall–Kier alpha value is -3.12. The normalized spacial score (nSPS) is 14.7. The molecule has 0 unspecified atom stereocenters. The lowest BCUT2D eigenvalue weighted by Gasteiger charge is -2.28. The van der Waals surface area contributed by atoms with Crippen LogP contribution in [0.5, 0.6) is 0 Å². The fourth-order valence-electron chi connectivity index (χ4n) is 3.43. The summed E-state index contributed by atoms with van der Waals surface area (Å²) in [5, 5.41) is 0. The van der Waals surface area contributed by atoms with Gasteiger partial charge < -0.3 is 9.64 Å². The third-order valence-electron chi connectivity index (χ3n) is 5.14. The van der Waals surface area contributed by atoms with Gasteiger partial charge in [0.2, 0.25) is 0 Å². The van der Waals surface area contributed by atoms with Crippen molar-refractivity contribution >= 4 is 17.6 Å². The van der Waals surface area contributed by atoms with Crippen LogP contribution in [0.3, 0.4) is 0 Å². The van der Waals surface area contributed by atoms with Gasteiger partial charge in [-0.1, -0.05) is 30.3 Å². The molecule has 1 aliphatic rings. The van der Waals surface area contributed by atoms with E-state index in [0.29, 0.717) is 5.69 Å². The minimum atomic E-state index is -0.118. The molecule has 3 aromatic rings. The van der Waals surface area contributed by atoms with Gasteiger partial charge in [0, 0.05) is 32.0 Å².